The van der Waals surface area contributed by atoms with Crippen LogP contribution in [0.25, 0.3) is 0 Å². The maximum atomic E-state index is 12.4. The zero-order valence-electron chi connectivity index (χ0n) is 16.3. The Bertz CT molecular complexity index is 828. The van der Waals surface area contributed by atoms with Crippen molar-refractivity contribution < 1.29 is 23.8 Å². The van der Waals surface area contributed by atoms with Crippen molar-refractivity contribution in [2.45, 2.75) is 33.6 Å². The summed E-state index contributed by atoms with van der Waals surface area (Å²) >= 11 is 1.39. The van der Waals surface area contributed by atoms with Gasteiger partial charge >= 0.3 is 5.97 Å². The van der Waals surface area contributed by atoms with E-state index in [0.29, 0.717) is 35.1 Å². The molecular weight excluding hydrogens is 366 g/mol. The highest BCUT2D eigenvalue weighted by Gasteiger charge is 2.22. The maximum Gasteiger partial charge on any atom is 0.341 e. The molecule has 1 aromatic heterocycles. The number of benzene rings is 1. The van der Waals surface area contributed by atoms with Crippen LogP contribution in [0.2, 0.25) is 0 Å². The average molecular weight is 391 g/mol. The molecule has 0 saturated heterocycles. The first kappa shape index (κ1) is 20.8. The Labute approximate surface area is 163 Å². The van der Waals surface area contributed by atoms with E-state index in [1.54, 1.807) is 21.1 Å². The minimum Gasteiger partial charge on any atom is -0.493 e. The summed E-state index contributed by atoms with van der Waals surface area (Å²) in [5.74, 6) is 0.713. The highest BCUT2D eigenvalue weighted by atomic mass is 32.1. The van der Waals surface area contributed by atoms with Gasteiger partial charge in [0.15, 0.2) is 11.5 Å². The van der Waals surface area contributed by atoms with E-state index in [1.807, 2.05) is 32.0 Å². The number of nitrogens with one attached hydrogen (secondary N) is 1. The Hall–Kier alpha value is -2.54. The molecule has 2 rings (SSSR count). The third-order valence-electron chi connectivity index (χ3n) is 4.21. The average Bonchev–Trinajstić information content (AvgIpc) is 2.93. The smallest absolute Gasteiger partial charge is 0.341 e. The van der Waals surface area contributed by atoms with Gasteiger partial charge in [-0.05, 0) is 50.5 Å². The second-order valence-electron chi connectivity index (χ2n) is 5.95. The Morgan fingerprint density at radius 3 is 2.44 bits per heavy atom. The molecule has 1 heterocycles. The number of thiophene rings is 1. The van der Waals surface area contributed by atoms with Gasteiger partial charge in [-0.25, -0.2) is 4.79 Å². The fourth-order valence-corrected chi connectivity index (χ4v) is 3.71. The molecule has 6 nitrogen and oxygen atoms in total. The minimum absolute atomic E-state index is 0.156. The first-order chi connectivity index (χ1) is 12.9. The van der Waals surface area contributed by atoms with Crippen LogP contribution >= 0.6 is 11.3 Å². The molecule has 2 aromatic rings. The lowest BCUT2D eigenvalue weighted by molar-refractivity contribution is -0.116. The summed E-state index contributed by atoms with van der Waals surface area (Å²) in [6.45, 7) is 5.83. The monoisotopic (exact) mass is 391 g/mol. The van der Waals surface area contributed by atoms with Gasteiger partial charge in [0.05, 0.1) is 26.4 Å². The van der Waals surface area contributed by atoms with Crippen LogP contribution in [0.5, 0.6) is 11.5 Å². The number of hydrogen-bond acceptors (Lipinski definition) is 6. The van der Waals surface area contributed by atoms with Crippen LogP contribution in [0.4, 0.5) is 5.00 Å². The third kappa shape index (κ3) is 5.01. The van der Waals surface area contributed by atoms with Crippen LogP contribution < -0.4 is 14.8 Å². The van der Waals surface area contributed by atoms with E-state index in [2.05, 4.69) is 5.32 Å². The molecule has 0 unspecified atom stereocenters. The molecule has 0 aliphatic carbocycles. The first-order valence-corrected chi connectivity index (χ1v) is 9.50. The van der Waals surface area contributed by atoms with E-state index < -0.39 is 5.97 Å². The number of esters is 1. The summed E-state index contributed by atoms with van der Waals surface area (Å²) in [5, 5.41) is 3.40. The lowest BCUT2D eigenvalue weighted by Crippen LogP contribution is -2.15. The third-order valence-corrected chi connectivity index (χ3v) is 5.33. The van der Waals surface area contributed by atoms with Crippen molar-refractivity contribution in [1.29, 1.82) is 0 Å². The van der Waals surface area contributed by atoms with E-state index in [0.717, 1.165) is 16.0 Å². The molecule has 7 heteroatoms. The summed E-state index contributed by atoms with van der Waals surface area (Å²) in [4.78, 5) is 25.6. The van der Waals surface area contributed by atoms with Gasteiger partial charge in [0.2, 0.25) is 5.91 Å². The van der Waals surface area contributed by atoms with Gasteiger partial charge in [-0.3, -0.25) is 4.79 Å². The van der Waals surface area contributed by atoms with Crippen molar-refractivity contribution in [2.24, 2.45) is 0 Å². The standard InChI is InChI=1S/C20H25NO5S/c1-6-26-20(23)18-12(2)13(3)27-19(18)21-17(22)10-8-14-7-9-15(24-4)16(11-14)25-5/h7,9,11H,6,8,10H2,1-5H3,(H,21,22). The Kier molecular flexibility index (Phi) is 7.24. The number of ether oxygens (including phenoxy) is 3. The number of hydrogen-bond donors (Lipinski definition) is 1. The van der Waals surface area contributed by atoms with Crippen molar-refractivity contribution in [2.75, 3.05) is 26.1 Å². The molecule has 0 atom stereocenters. The Balaban J connectivity index is 2.06. The van der Waals surface area contributed by atoms with Crippen molar-refractivity contribution in [3.05, 3.63) is 39.8 Å². The Morgan fingerprint density at radius 1 is 1.11 bits per heavy atom. The fraction of sp³-hybridized carbons (Fsp3) is 0.400. The predicted octanol–water partition coefficient (Wildman–Crippen LogP) is 4.13. The van der Waals surface area contributed by atoms with Gasteiger partial charge in [0, 0.05) is 11.3 Å². The first-order valence-electron chi connectivity index (χ1n) is 8.69. The van der Waals surface area contributed by atoms with Gasteiger partial charge in [0.1, 0.15) is 5.00 Å². The normalized spacial score (nSPS) is 10.4. The van der Waals surface area contributed by atoms with Crippen molar-refractivity contribution in [3.63, 3.8) is 0 Å². The largest absolute Gasteiger partial charge is 0.493 e. The van der Waals surface area contributed by atoms with Crippen molar-refractivity contribution in [1.82, 2.24) is 0 Å². The summed E-state index contributed by atoms with van der Waals surface area (Å²) in [7, 11) is 3.16. The molecular formula is C20H25NO5S. The number of rotatable bonds is 8. The topological polar surface area (TPSA) is 73.9 Å². The van der Waals surface area contributed by atoms with E-state index >= 15 is 0 Å². The zero-order chi connectivity index (χ0) is 20.0. The summed E-state index contributed by atoms with van der Waals surface area (Å²) in [5.41, 5.74) is 2.25. The lowest BCUT2D eigenvalue weighted by atomic mass is 10.1. The maximum absolute atomic E-state index is 12.4. The van der Waals surface area contributed by atoms with Crippen LogP contribution in [0.1, 0.15) is 39.7 Å². The second-order valence-corrected chi connectivity index (χ2v) is 7.17. The zero-order valence-corrected chi connectivity index (χ0v) is 17.1. The molecule has 0 saturated carbocycles. The summed E-state index contributed by atoms with van der Waals surface area (Å²) in [6.07, 6.45) is 0.831. The van der Waals surface area contributed by atoms with E-state index in [-0.39, 0.29) is 12.3 Å². The van der Waals surface area contributed by atoms with E-state index in [9.17, 15) is 9.59 Å². The quantitative estimate of drug-likeness (QED) is 0.685. The van der Waals surface area contributed by atoms with Gasteiger partial charge in [0.25, 0.3) is 0 Å². The van der Waals surface area contributed by atoms with Gasteiger partial charge < -0.3 is 19.5 Å². The van der Waals surface area contributed by atoms with Crippen molar-refractivity contribution in [3.8, 4) is 11.5 Å². The lowest BCUT2D eigenvalue weighted by Gasteiger charge is -2.10. The highest BCUT2D eigenvalue weighted by molar-refractivity contribution is 7.16. The van der Waals surface area contributed by atoms with Gasteiger partial charge in [-0.2, -0.15) is 0 Å². The molecule has 27 heavy (non-hydrogen) atoms. The number of amides is 1. The number of aryl methyl sites for hydroxylation is 2. The van der Waals surface area contributed by atoms with Crippen LogP contribution in [-0.4, -0.2) is 32.7 Å². The van der Waals surface area contributed by atoms with Crippen LogP contribution in [0.15, 0.2) is 18.2 Å². The summed E-state index contributed by atoms with van der Waals surface area (Å²) in [6, 6.07) is 5.57. The molecule has 0 radical (unpaired) electrons. The molecule has 0 fully saturated rings. The molecule has 0 aliphatic heterocycles. The van der Waals surface area contributed by atoms with Gasteiger partial charge in [-0.1, -0.05) is 6.07 Å². The number of carbonyl (C=O) groups excluding carboxylic acids is 2. The molecule has 0 bridgehead atoms. The number of anilines is 1. The summed E-state index contributed by atoms with van der Waals surface area (Å²) < 4.78 is 15.6. The SMILES string of the molecule is CCOC(=O)c1c(NC(=O)CCc2ccc(OC)c(OC)c2)sc(C)c1C. The van der Waals surface area contributed by atoms with E-state index in [1.165, 1.54) is 11.3 Å². The second kappa shape index (κ2) is 9.41. The van der Waals surface area contributed by atoms with Crippen LogP contribution in [0.3, 0.4) is 0 Å². The van der Waals surface area contributed by atoms with Crippen LogP contribution in [-0.2, 0) is 16.0 Å². The van der Waals surface area contributed by atoms with Crippen LogP contribution in [0, 0.1) is 13.8 Å². The Morgan fingerprint density at radius 2 is 1.81 bits per heavy atom. The molecule has 1 aromatic carbocycles. The van der Waals surface area contributed by atoms with E-state index in [4.69, 9.17) is 14.2 Å². The number of methoxy groups -OCH3 is 2. The van der Waals surface area contributed by atoms with Crippen molar-refractivity contribution >= 4 is 28.2 Å². The highest BCUT2D eigenvalue weighted by Crippen LogP contribution is 2.33. The fourth-order valence-electron chi connectivity index (χ4n) is 2.65. The molecule has 0 aliphatic rings. The predicted molar refractivity (Wildman–Crippen MR) is 106 cm³/mol. The molecule has 1 N–H and O–H groups in total. The van der Waals surface area contributed by atoms with Gasteiger partial charge in [-0.15, -0.1) is 11.3 Å². The minimum atomic E-state index is -0.408. The number of carbonyl (C=O) groups is 2. The molecule has 0 spiro atoms. The molecule has 146 valence electrons. The molecule has 1 amide bonds.